The third kappa shape index (κ3) is 2.85. The van der Waals surface area contributed by atoms with Gasteiger partial charge in [-0.05, 0) is 24.3 Å². The molecule has 3 N–H and O–H groups in total. The molecule has 0 amide bonds. The Bertz CT molecular complexity index is 495. The number of carbonyl (C=O) groups is 3. The number of Topliss-reactive ketones (excluding diaryl/α,β-unsaturated/α-hetero) is 1. The lowest BCUT2D eigenvalue weighted by atomic mass is 9.90. The van der Waals surface area contributed by atoms with Crippen molar-refractivity contribution in [2.75, 3.05) is 0 Å². The number of ketones is 1. The number of aliphatic hydroxyl groups is 1. The van der Waals surface area contributed by atoms with Gasteiger partial charge >= 0.3 is 11.9 Å². The van der Waals surface area contributed by atoms with Gasteiger partial charge in [-0.1, -0.05) is 11.6 Å². The van der Waals surface area contributed by atoms with Crippen molar-refractivity contribution in [2.45, 2.75) is 12.0 Å². The Balaban J connectivity index is 3.14. The van der Waals surface area contributed by atoms with Crippen molar-refractivity contribution in [3.8, 4) is 0 Å². The molecule has 18 heavy (non-hydrogen) atoms. The maximum absolute atomic E-state index is 11.8. The molecule has 0 spiro atoms. The molecule has 0 fully saturated rings. The number of halogens is 1. The van der Waals surface area contributed by atoms with Crippen molar-refractivity contribution in [1.29, 1.82) is 0 Å². The van der Waals surface area contributed by atoms with Crippen LogP contribution in [0.2, 0.25) is 5.02 Å². The molecule has 1 aromatic carbocycles. The van der Waals surface area contributed by atoms with Gasteiger partial charge in [-0.25, -0.2) is 4.79 Å². The van der Waals surface area contributed by atoms with E-state index < -0.39 is 29.7 Å². The van der Waals surface area contributed by atoms with Crippen LogP contribution in [-0.4, -0.2) is 38.6 Å². The maximum atomic E-state index is 11.8. The highest BCUT2D eigenvalue weighted by Crippen LogP contribution is 2.20. The van der Waals surface area contributed by atoms with E-state index >= 15 is 0 Å². The van der Waals surface area contributed by atoms with Crippen molar-refractivity contribution in [3.63, 3.8) is 0 Å². The lowest BCUT2D eigenvalue weighted by molar-refractivity contribution is -0.159. The Kier molecular flexibility index (Phi) is 4.05. The lowest BCUT2D eigenvalue weighted by Gasteiger charge is -2.19. The second kappa shape index (κ2) is 5.16. The van der Waals surface area contributed by atoms with Gasteiger partial charge < -0.3 is 15.3 Å². The van der Waals surface area contributed by atoms with Gasteiger partial charge in [0.2, 0.25) is 11.4 Å². The van der Waals surface area contributed by atoms with Crippen LogP contribution in [-0.2, 0) is 9.59 Å². The van der Waals surface area contributed by atoms with Crippen molar-refractivity contribution >= 4 is 29.3 Å². The first-order chi connectivity index (χ1) is 8.27. The SMILES string of the molecule is O=C(O)CC(O)(C(=O)O)C(=O)c1ccc(Cl)cc1. The van der Waals surface area contributed by atoms with Crippen LogP contribution in [0, 0.1) is 0 Å². The summed E-state index contributed by atoms with van der Waals surface area (Å²) in [6, 6.07) is 5.08. The smallest absolute Gasteiger partial charge is 0.344 e. The number of carbonyl (C=O) groups excluding carboxylic acids is 1. The van der Waals surface area contributed by atoms with Crippen molar-refractivity contribution in [1.82, 2.24) is 0 Å². The summed E-state index contributed by atoms with van der Waals surface area (Å²) in [5, 5.41) is 27.4. The number of hydrogen-bond acceptors (Lipinski definition) is 4. The fourth-order valence-corrected chi connectivity index (χ4v) is 1.44. The van der Waals surface area contributed by atoms with E-state index in [4.69, 9.17) is 21.8 Å². The molecule has 0 aliphatic carbocycles. The van der Waals surface area contributed by atoms with Crippen molar-refractivity contribution in [2.24, 2.45) is 0 Å². The van der Waals surface area contributed by atoms with Crippen LogP contribution in [0.25, 0.3) is 0 Å². The van der Waals surface area contributed by atoms with E-state index in [1.807, 2.05) is 0 Å². The van der Waals surface area contributed by atoms with Crippen molar-refractivity contribution < 1.29 is 29.7 Å². The Morgan fingerprint density at radius 2 is 1.61 bits per heavy atom. The summed E-state index contributed by atoms with van der Waals surface area (Å²) in [7, 11) is 0. The van der Waals surface area contributed by atoms with Gasteiger partial charge in [-0.3, -0.25) is 9.59 Å². The average Bonchev–Trinajstić information content (AvgIpc) is 2.27. The highest BCUT2D eigenvalue weighted by Gasteiger charge is 2.46. The summed E-state index contributed by atoms with van der Waals surface area (Å²) < 4.78 is 0. The maximum Gasteiger partial charge on any atom is 0.344 e. The zero-order chi connectivity index (χ0) is 13.9. The predicted octanol–water partition coefficient (Wildman–Crippen LogP) is 0.813. The monoisotopic (exact) mass is 272 g/mol. The second-order valence-electron chi connectivity index (χ2n) is 3.57. The Labute approximate surface area is 106 Å². The molecule has 0 heterocycles. The molecular weight excluding hydrogens is 264 g/mol. The van der Waals surface area contributed by atoms with Gasteiger partial charge in [0.1, 0.15) is 0 Å². The van der Waals surface area contributed by atoms with Gasteiger partial charge in [-0.15, -0.1) is 0 Å². The Morgan fingerprint density at radius 3 is 2.00 bits per heavy atom. The summed E-state index contributed by atoms with van der Waals surface area (Å²) in [6.45, 7) is 0. The average molecular weight is 273 g/mol. The standard InChI is InChI=1S/C11H9ClO6/c12-7-3-1-6(2-4-7)9(15)11(18,10(16)17)5-8(13)14/h1-4,18H,5H2,(H,13,14)(H,16,17). The molecule has 0 aromatic heterocycles. The van der Waals surface area contributed by atoms with Crippen LogP contribution >= 0.6 is 11.6 Å². The molecular formula is C11H9ClO6. The minimum atomic E-state index is -2.99. The molecule has 0 saturated carbocycles. The molecule has 1 unspecified atom stereocenters. The fraction of sp³-hybridized carbons (Fsp3) is 0.182. The molecule has 0 aliphatic heterocycles. The molecule has 7 heteroatoms. The quantitative estimate of drug-likeness (QED) is 0.540. The van der Waals surface area contributed by atoms with Crippen LogP contribution in [0.5, 0.6) is 0 Å². The van der Waals surface area contributed by atoms with Crippen molar-refractivity contribution in [3.05, 3.63) is 34.9 Å². The predicted molar refractivity (Wildman–Crippen MR) is 60.6 cm³/mol. The minimum Gasteiger partial charge on any atom is -0.481 e. The normalized spacial score (nSPS) is 13.7. The van der Waals surface area contributed by atoms with Crippen LogP contribution in [0.4, 0.5) is 0 Å². The number of rotatable bonds is 5. The van der Waals surface area contributed by atoms with Gasteiger partial charge in [0, 0.05) is 10.6 Å². The zero-order valence-electron chi connectivity index (χ0n) is 8.96. The summed E-state index contributed by atoms with van der Waals surface area (Å²) in [5.74, 6) is -4.71. The number of carboxylic acid groups (broad SMARTS) is 2. The van der Waals surface area contributed by atoms with Gasteiger partial charge in [0.25, 0.3) is 0 Å². The molecule has 1 rings (SSSR count). The van der Waals surface area contributed by atoms with E-state index in [9.17, 15) is 19.5 Å². The molecule has 1 atom stereocenters. The highest BCUT2D eigenvalue weighted by molar-refractivity contribution is 6.30. The fourth-order valence-electron chi connectivity index (χ4n) is 1.31. The van der Waals surface area contributed by atoms with E-state index in [0.717, 1.165) is 0 Å². The van der Waals surface area contributed by atoms with Gasteiger partial charge in [-0.2, -0.15) is 0 Å². The summed E-state index contributed by atoms with van der Waals surface area (Å²) in [6.07, 6.45) is -1.22. The van der Waals surface area contributed by atoms with E-state index in [1.54, 1.807) is 0 Å². The molecule has 1 aromatic rings. The van der Waals surface area contributed by atoms with E-state index in [-0.39, 0.29) is 5.56 Å². The zero-order valence-corrected chi connectivity index (χ0v) is 9.72. The lowest BCUT2D eigenvalue weighted by Crippen LogP contribution is -2.48. The highest BCUT2D eigenvalue weighted by atomic mass is 35.5. The summed E-state index contributed by atoms with van der Waals surface area (Å²) >= 11 is 5.59. The van der Waals surface area contributed by atoms with Crippen LogP contribution in [0.1, 0.15) is 16.8 Å². The third-order valence-electron chi connectivity index (χ3n) is 2.24. The third-order valence-corrected chi connectivity index (χ3v) is 2.49. The molecule has 0 saturated heterocycles. The first-order valence-electron chi connectivity index (χ1n) is 4.75. The number of benzene rings is 1. The summed E-state index contributed by atoms with van der Waals surface area (Å²) in [5.41, 5.74) is -3.12. The van der Waals surface area contributed by atoms with E-state index in [1.165, 1.54) is 24.3 Å². The molecule has 6 nitrogen and oxygen atoms in total. The first kappa shape index (κ1) is 14.1. The number of hydrogen-bond donors (Lipinski definition) is 3. The van der Waals surface area contributed by atoms with E-state index in [0.29, 0.717) is 5.02 Å². The topological polar surface area (TPSA) is 112 Å². The summed E-state index contributed by atoms with van der Waals surface area (Å²) in [4.78, 5) is 33.2. The largest absolute Gasteiger partial charge is 0.481 e. The molecule has 0 radical (unpaired) electrons. The van der Waals surface area contributed by atoms with Crippen LogP contribution < -0.4 is 0 Å². The molecule has 0 aliphatic rings. The Morgan fingerprint density at radius 1 is 1.11 bits per heavy atom. The number of carboxylic acids is 2. The van der Waals surface area contributed by atoms with Crippen LogP contribution in [0.3, 0.4) is 0 Å². The first-order valence-corrected chi connectivity index (χ1v) is 5.13. The van der Waals surface area contributed by atoms with Crippen LogP contribution in [0.15, 0.2) is 24.3 Å². The minimum absolute atomic E-state index is 0.134. The second-order valence-corrected chi connectivity index (χ2v) is 4.01. The Hall–Kier alpha value is -1.92. The van der Waals surface area contributed by atoms with Gasteiger partial charge in [0.05, 0.1) is 6.42 Å². The molecule has 0 bridgehead atoms. The van der Waals surface area contributed by atoms with Gasteiger partial charge in [0.15, 0.2) is 0 Å². The van der Waals surface area contributed by atoms with E-state index in [2.05, 4.69) is 0 Å². The number of aliphatic carboxylic acids is 2. The molecule has 96 valence electrons.